The van der Waals surface area contributed by atoms with Crippen LogP contribution in [-0.4, -0.2) is 23.5 Å². The SMILES string of the molecule is CCC(N)C(c1ccc(Br)s1)N(CC(C)C)C(C)C. The van der Waals surface area contributed by atoms with Crippen molar-refractivity contribution in [2.24, 2.45) is 11.7 Å². The van der Waals surface area contributed by atoms with Crippen LogP contribution in [0, 0.1) is 5.92 Å². The van der Waals surface area contributed by atoms with E-state index in [9.17, 15) is 0 Å². The Hall–Kier alpha value is 0.1000. The van der Waals surface area contributed by atoms with E-state index in [1.165, 1.54) is 8.66 Å². The highest BCUT2D eigenvalue weighted by molar-refractivity contribution is 9.11. The van der Waals surface area contributed by atoms with Crippen molar-refractivity contribution < 1.29 is 0 Å². The van der Waals surface area contributed by atoms with E-state index >= 15 is 0 Å². The summed E-state index contributed by atoms with van der Waals surface area (Å²) in [6.07, 6.45) is 1.00. The molecule has 2 unspecified atom stereocenters. The lowest BCUT2D eigenvalue weighted by Gasteiger charge is -2.38. The summed E-state index contributed by atoms with van der Waals surface area (Å²) in [4.78, 5) is 3.92. The van der Waals surface area contributed by atoms with Gasteiger partial charge in [-0.1, -0.05) is 20.8 Å². The molecule has 0 radical (unpaired) electrons. The Kier molecular flexibility index (Phi) is 7.01. The number of halogens is 1. The summed E-state index contributed by atoms with van der Waals surface area (Å²) >= 11 is 5.38. The number of rotatable bonds is 7. The van der Waals surface area contributed by atoms with E-state index in [1.54, 1.807) is 0 Å². The monoisotopic (exact) mass is 346 g/mol. The van der Waals surface area contributed by atoms with Crippen molar-refractivity contribution >= 4 is 27.3 Å². The van der Waals surface area contributed by atoms with Crippen molar-refractivity contribution in [1.82, 2.24) is 4.90 Å². The van der Waals surface area contributed by atoms with Gasteiger partial charge in [0.15, 0.2) is 0 Å². The van der Waals surface area contributed by atoms with Crippen molar-refractivity contribution in [1.29, 1.82) is 0 Å². The van der Waals surface area contributed by atoms with Crippen LogP contribution in [0.4, 0.5) is 0 Å². The van der Waals surface area contributed by atoms with Crippen LogP contribution in [0.15, 0.2) is 15.9 Å². The average molecular weight is 347 g/mol. The summed E-state index contributed by atoms with van der Waals surface area (Å²) in [5, 5.41) is 0. The molecule has 1 aromatic rings. The van der Waals surface area contributed by atoms with Gasteiger partial charge in [-0.2, -0.15) is 0 Å². The maximum Gasteiger partial charge on any atom is 0.0702 e. The molecule has 2 atom stereocenters. The molecule has 1 aromatic heterocycles. The summed E-state index contributed by atoms with van der Waals surface area (Å²) in [5.41, 5.74) is 6.42. The second kappa shape index (κ2) is 7.77. The van der Waals surface area contributed by atoms with Gasteiger partial charge < -0.3 is 5.73 Å². The molecule has 2 nitrogen and oxygen atoms in total. The maximum absolute atomic E-state index is 6.42. The minimum atomic E-state index is 0.187. The van der Waals surface area contributed by atoms with Crippen LogP contribution < -0.4 is 5.73 Å². The van der Waals surface area contributed by atoms with Crippen LogP contribution in [0.3, 0.4) is 0 Å². The molecule has 0 saturated carbocycles. The zero-order valence-corrected chi connectivity index (χ0v) is 15.1. The summed E-state index contributed by atoms with van der Waals surface area (Å²) in [6, 6.07) is 5.36. The Morgan fingerprint density at radius 2 is 1.89 bits per heavy atom. The molecule has 0 bridgehead atoms. The summed E-state index contributed by atoms with van der Waals surface area (Å²) in [6.45, 7) is 12.3. The molecule has 0 saturated heterocycles. The number of nitrogens with zero attached hydrogens (tertiary/aromatic N) is 1. The van der Waals surface area contributed by atoms with E-state index < -0.39 is 0 Å². The highest BCUT2D eigenvalue weighted by Crippen LogP contribution is 2.34. The molecular weight excluding hydrogens is 320 g/mol. The Morgan fingerprint density at radius 3 is 2.26 bits per heavy atom. The van der Waals surface area contributed by atoms with Crippen molar-refractivity contribution in [3.63, 3.8) is 0 Å². The fourth-order valence-corrected chi connectivity index (χ4v) is 4.02. The third-order valence-electron chi connectivity index (χ3n) is 3.36. The first-order valence-electron chi connectivity index (χ1n) is 7.13. The van der Waals surface area contributed by atoms with Gasteiger partial charge in [-0.15, -0.1) is 11.3 Å². The van der Waals surface area contributed by atoms with Gasteiger partial charge >= 0.3 is 0 Å². The molecule has 1 rings (SSSR count). The van der Waals surface area contributed by atoms with Crippen LogP contribution in [-0.2, 0) is 0 Å². The van der Waals surface area contributed by atoms with E-state index in [2.05, 4.69) is 67.6 Å². The predicted octanol–water partition coefficient (Wildman–Crippen LogP) is 4.66. The lowest BCUT2D eigenvalue weighted by atomic mass is 10.00. The number of hydrogen-bond donors (Lipinski definition) is 1. The Balaban J connectivity index is 3.06. The first-order valence-corrected chi connectivity index (χ1v) is 8.74. The highest BCUT2D eigenvalue weighted by atomic mass is 79.9. The van der Waals surface area contributed by atoms with Gasteiger partial charge in [0.1, 0.15) is 0 Å². The smallest absolute Gasteiger partial charge is 0.0702 e. The first-order chi connectivity index (χ1) is 8.86. The van der Waals surface area contributed by atoms with Crippen molar-refractivity contribution in [3.8, 4) is 0 Å². The molecule has 0 aliphatic heterocycles. The number of hydrogen-bond acceptors (Lipinski definition) is 3. The van der Waals surface area contributed by atoms with Crippen molar-refractivity contribution in [2.45, 2.75) is 59.2 Å². The van der Waals surface area contributed by atoms with Crippen molar-refractivity contribution in [3.05, 3.63) is 20.8 Å². The molecule has 2 N–H and O–H groups in total. The topological polar surface area (TPSA) is 29.3 Å². The van der Waals surface area contributed by atoms with Crippen LogP contribution in [0.1, 0.15) is 52.0 Å². The second-order valence-electron chi connectivity index (χ2n) is 5.84. The van der Waals surface area contributed by atoms with Crippen LogP contribution >= 0.6 is 27.3 Å². The van der Waals surface area contributed by atoms with Gasteiger partial charge in [0, 0.05) is 23.5 Å². The molecule has 0 fully saturated rings. The quantitative estimate of drug-likeness (QED) is 0.778. The number of nitrogens with two attached hydrogens (primary N) is 1. The normalized spacial score (nSPS) is 15.5. The second-order valence-corrected chi connectivity index (χ2v) is 8.34. The van der Waals surface area contributed by atoms with E-state index in [1.807, 2.05) is 11.3 Å². The minimum absolute atomic E-state index is 0.187. The van der Waals surface area contributed by atoms with E-state index in [4.69, 9.17) is 5.73 Å². The minimum Gasteiger partial charge on any atom is -0.326 e. The summed E-state index contributed by atoms with van der Waals surface area (Å²) < 4.78 is 1.18. The lowest BCUT2D eigenvalue weighted by Crippen LogP contribution is -2.45. The van der Waals surface area contributed by atoms with E-state index in [0.29, 0.717) is 18.0 Å². The predicted molar refractivity (Wildman–Crippen MR) is 89.7 cm³/mol. The highest BCUT2D eigenvalue weighted by Gasteiger charge is 2.29. The fraction of sp³-hybridized carbons (Fsp3) is 0.733. The van der Waals surface area contributed by atoms with E-state index in [-0.39, 0.29) is 6.04 Å². The van der Waals surface area contributed by atoms with E-state index in [0.717, 1.165) is 13.0 Å². The zero-order valence-electron chi connectivity index (χ0n) is 12.7. The molecule has 0 amide bonds. The van der Waals surface area contributed by atoms with Gasteiger partial charge in [0.05, 0.1) is 9.83 Å². The first kappa shape index (κ1) is 17.2. The molecule has 0 spiro atoms. The lowest BCUT2D eigenvalue weighted by molar-refractivity contribution is 0.116. The summed E-state index contributed by atoms with van der Waals surface area (Å²) in [5.74, 6) is 0.650. The van der Waals surface area contributed by atoms with Gasteiger partial charge in [0.25, 0.3) is 0 Å². The largest absolute Gasteiger partial charge is 0.326 e. The Labute approximate surface area is 130 Å². The molecule has 0 aliphatic carbocycles. The van der Waals surface area contributed by atoms with Gasteiger partial charge in [-0.25, -0.2) is 0 Å². The van der Waals surface area contributed by atoms with Gasteiger partial charge in [-0.05, 0) is 54.2 Å². The van der Waals surface area contributed by atoms with Crippen LogP contribution in [0.2, 0.25) is 0 Å². The van der Waals surface area contributed by atoms with Gasteiger partial charge in [-0.3, -0.25) is 4.90 Å². The third-order valence-corrected chi connectivity index (χ3v) is 5.05. The standard InChI is InChI=1S/C15H27BrN2S/c1-6-12(17)15(13-7-8-14(16)19-13)18(11(4)5)9-10(2)3/h7-8,10-12,15H,6,9,17H2,1-5H3. The molecule has 110 valence electrons. The Bertz CT molecular complexity index is 376. The fourth-order valence-electron chi connectivity index (χ4n) is 2.40. The molecule has 1 heterocycles. The number of thiophene rings is 1. The maximum atomic E-state index is 6.42. The van der Waals surface area contributed by atoms with Crippen LogP contribution in [0.5, 0.6) is 0 Å². The van der Waals surface area contributed by atoms with Gasteiger partial charge in [0.2, 0.25) is 0 Å². The van der Waals surface area contributed by atoms with Crippen molar-refractivity contribution in [2.75, 3.05) is 6.54 Å². The van der Waals surface area contributed by atoms with Crippen LogP contribution in [0.25, 0.3) is 0 Å². The zero-order chi connectivity index (χ0) is 14.6. The molecule has 19 heavy (non-hydrogen) atoms. The third kappa shape index (κ3) is 4.85. The molecular formula is C15H27BrN2S. The molecule has 0 aromatic carbocycles. The Morgan fingerprint density at radius 1 is 1.26 bits per heavy atom. The molecule has 4 heteroatoms. The average Bonchev–Trinajstić information content (AvgIpc) is 2.73. The molecule has 0 aliphatic rings. The summed E-state index contributed by atoms with van der Waals surface area (Å²) in [7, 11) is 0.